The lowest BCUT2D eigenvalue weighted by molar-refractivity contribution is -0.0480. The third-order valence-electron chi connectivity index (χ3n) is 5.11. The molecule has 1 saturated heterocycles. The van der Waals surface area contributed by atoms with Gasteiger partial charge in [-0.05, 0) is 60.2 Å². The average molecular weight is 463 g/mol. The van der Waals surface area contributed by atoms with Crippen molar-refractivity contribution in [2.45, 2.75) is 57.8 Å². The van der Waals surface area contributed by atoms with Crippen LogP contribution in [0.3, 0.4) is 0 Å². The minimum atomic E-state index is 0.0459. The summed E-state index contributed by atoms with van der Waals surface area (Å²) in [7, 11) is 0. The van der Waals surface area contributed by atoms with Crippen molar-refractivity contribution in [3.63, 3.8) is 0 Å². The van der Waals surface area contributed by atoms with Crippen LogP contribution in [0.5, 0.6) is 5.75 Å². The first-order valence-corrected chi connectivity index (χ1v) is 11.4. The Balaban J connectivity index is 1.34. The number of ether oxygens (including phenoxy) is 3. The van der Waals surface area contributed by atoms with Gasteiger partial charge in [0.1, 0.15) is 5.75 Å². The smallest absolute Gasteiger partial charge is 0.157 e. The topological polar surface area (TPSA) is 47.9 Å². The Kier molecular flexibility index (Phi) is 9.48. The highest BCUT2D eigenvalue weighted by atomic mass is 79.9. The second kappa shape index (κ2) is 12.3. The summed E-state index contributed by atoms with van der Waals surface area (Å²) in [6.07, 6.45) is 8.25. The van der Waals surface area contributed by atoms with Crippen LogP contribution in [0.1, 0.15) is 50.5 Å². The highest BCUT2D eigenvalue weighted by Gasteiger charge is 2.14. The maximum Gasteiger partial charge on any atom is 0.157 e. The Bertz CT molecular complexity index is 743. The Morgan fingerprint density at radius 1 is 0.897 bits per heavy atom. The Morgan fingerprint density at radius 3 is 2.45 bits per heavy atom. The lowest BCUT2D eigenvalue weighted by Gasteiger charge is -2.10. The van der Waals surface area contributed by atoms with Gasteiger partial charge in [0, 0.05) is 4.47 Å². The maximum absolute atomic E-state index is 9.36. The predicted octanol–water partition coefficient (Wildman–Crippen LogP) is 6.09. The maximum atomic E-state index is 9.36. The molecule has 29 heavy (non-hydrogen) atoms. The summed E-state index contributed by atoms with van der Waals surface area (Å²) in [5, 5.41) is 9.36. The van der Waals surface area contributed by atoms with E-state index in [0.717, 1.165) is 59.6 Å². The number of aliphatic hydroxyl groups excluding tert-OH is 1. The van der Waals surface area contributed by atoms with Crippen molar-refractivity contribution in [2.75, 3.05) is 19.8 Å². The number of halogens is 1. The van der Waals surface area contributed by atoms with Gasteiger partial charge < -0.3 is 19.3 Å². The molecule has 1 aliphatic rings. The van der Waals surface area contributed by atoms with E-state index < -0.39 is 0 Å². The normalized spacial score (nSPS) is 14.4. The molecule has 2 aromatic rings. The van der Waals surface area contributed by atoms with Crippen LogP contribution in [0, 0.1) is 0 Å². The first kappa shape index (κ1) is 22.3. The van der Waals surface area contributed by atoms with Crippen molar-refractivity contribution >= 4 is 15.9 Å². The van der Waals surface area contributed by atoms with Gasteiger partial charge in [-0.15, -0.1) is 0 Å². The van der Waals surface area contributed by atoms with Gasteiger partial charge in [0.25, 0.3) is 0 Å². The zero-order valence-corrected chi connectivity index (χ0v) is 18.5. The molecule has 0 amide bonds. The van der Waals surface area contributed by atoms with E-state index in [1.54, 1.807) is 0 Å². The molecule has 0 spiro atoms. The quantitative estimate of drug-likeness (QED) is 0.387. The van der Waals surface area contributed by atoms with E-state index >= 15 is 0 Å². The number of rotatable bonds is 12. The molecule has 3 rings (SSSR count). The van der Waals surface area contributed by atoms with Gasteiger partial charge in [-0.3, -0.25) is 0 Å². The molecule has 1 heterocycles. The van der Waals surface area contributed by atoms with Gasteiger partial charge in [0.15, 0.2) is 6.29 Å². The number of hydrogen-bond acceptors (Lipinski definition) is 4. The molecule has 1 aliphatic heterocycles. The second-order valence-corrected chi connectivity index (χ2v) is 8.38. The molecular weight excluding hydrogens is 432 g/mol. The molecular formula is C24H31BrO4. The number of hydrogen-bond donors (Lipinski definition) is 1. The molecule has 0 radical (unpaired) electrons. The van der Waals surface area contributed by atoms with Crippen LogP contribution < -0.4 is 4.74 Å². The van der Waals surface area contributed by atoms with Crippen molar-refractivity contribution < 1.29 is 19.3 Å². The fourth-order valence-electron chi connectivity index (χ4n) is 3.55. The standard InChI is InChI=1S/C24H31BrO4/c25-22-15-21(20-9-7-8-19(14-20)18-26)16-23(17-22)27-11-6-4-2-1-3-5-10-24-28-12-13-29-24/h7-9,14-17,24,26H,1-6,10-13,18H2. The Hall–Kier alpha value is -1.40. The van der Waals surface area contributed by atoms with Gasteiger partial charge in [-0.25, -0.2) is 0 Å². The molecule has 0 bridgehead atoms. The van der Waals surface area contributed by atoms with E-state index in [-0.39, 0.29) is 12.9 Å². The van der Waals surface area contributed by atoms with E-state index in [0.29, 0.717) is 0 Å². The summed E-state index contributed by atoms with van der Waals surface area (Å²) in [6, 6.07) is 14.1. The molecule has 0 unspecified atom stereocenters. The molecule has 0 aromatic heterocycles. The van der Waals surface area contributed by atoms with Gasteiger partial charge >= 0.3 is 0 Å². The molecule has 1 fully saturated rings. The van der Waals surface area contributed by atoms with Crippen LogP contribution in [0.4, 0.5) is 0 Å². The van der Waals surface area contributed by atoms with Gasteiger partial charge in [-0.1, -0.05) is 59.8 Å². The van der Waals surface area contributed by atoms with Gasteiger partial charge in [0.05, 0.1) is 26.4 Å². The third-order valence-corrected chi connectivity index (χ3v) is 5.57. The van der Waals surface area contributed by atoms with Crippen molar-refractivity contribution in [2.24, 2.45) is 0 Å². The molecule has 0 aliphatic carbocycles. The number of aliphatic hydroxyl groups is 1. The number of benzene rings is 2. The van der Waals surface area contributed by atoms with Crippen LogP contribution in [-0.4, -0.2) is 31.2 Å². The van der Waals surface area contributed by atoms with Crippen LogP contribution in [0.15, 0.2) is 46.9 Å². The van der Waals surface area contributed by atoms with Gasteiger partial charge in [-0.2, -0.15) is 0 Å². The fourth-order valence-corrected chi connectivity index (χ4v) is 4.02. The minimum absolute atomic E-state index is 0.0459. The highest BCUT2D eigenvalue weighted by Crippen LogP contribution is 2.29. The van der Waals surface area contributed by atoms with Crippen LogP contribution in [0.25, 0.3) is 11.1 Å². The van der Waals surface area contributed by atoms with Crippen molar-refractivity contribution in [3.8, 4) is 16.9 Å². The zero-order chi connectivity index (χ0) is 20.3. The molecule has 0 atom stereocenters. The largest absolute Gasteiger partial charge is 0.494 e. The highest BCUT2D eigenvalue weighted by molar-refractivity contribution is 9.10. The van der Waals surface area contributed by atoms with Crippen molar-refractivity contribution in [1.82, 2.24) is 0 Å². The minimum Gasteiger partial charge on any atom is -0.494 e. The van der Waals surface area contributed by atoms with E-state index in [1.165, 1.54) is 32.1 Å². The Labute approximate surface area is 182 Å². The summed E-state index contributed by atoms with van der Waals surface area (Å²) in [4.78, 5) is 0. The first-order valence-electron chi connectivity index (χ1n) is 10.6. The molecule has 5 heteroatoms. The molecule has 158 valence electrons. The summed E-state index contributed by atoms with van der Waals surface area (Å²) >= 11 is 3.58. The summed E-state index contributed by atoms with van der Waals surface area (Å²) in [5.41, 5.74) is 3.07. The first-order chi connectivity index (χ1) is 14.2. The molecule has 1 N–H and O–H groups in total. The number of unbranched alkanes of at least 4 members (excludes halogenated alkanes) is 5. The fraction of sp³-hybridized carbons (Fsp3) is 0.500. The summed E-state index contributed by atoms with van der Waals surface area (Å²) < 4.78 is 17.9. The molecule has 0 saturated carbocycles. The lowest BCUT2D eigenvalue weighted by atomic mass is 10.0. The van der Waals surface area contributed by atoms with Crippen molar-refractivity contribution in [1.29, 1.82) is 0 Å². The third kappa shape index (κ3) is 7.74. The monoisotopic (exact) mass is 462 g/mol. The predicted molar refractivity (Wildman–Crippen MR) is 119 cm³/mol. The van der Waals surface area contributed by atoms with Crippen LogP contribution in [0.2, 0.25) is 0 Å². The van der Waals surface area contributed by atoms with E-state index in [4.69, 9.17) is 14.2 Å². The van der Waals surface area contributed by atoms with E-state index in [1.807, 2.05) is 24.3 Å². The lowest BCUT2D eigenvalue weighted by Crippen LogP contribution is -2.06. The Morgan fingerprint density at radius 2 is 1.66 bits per heavy atom. The summed E-state index contributed by atoms with van der Waals surface area (Å²) in [6.45, 7) is 2.28. The molecule has 4 nitrogen and oxygen atoms in total. The zero-order valence-electron chi connectivity index (χ0n) is 16.9. The van der Waals surface area contributed by atoms with Crippen LogP contribution in [-0.2, 0) is 16.1 Å². The summed E-state index contributed by atoms with van der Waals surface area (Å²) in [5.74, 6) is 0.875. The van der Waals surface area contributed by atoms with E-state index in [2.05, 4.69) is 34.1 Å². The SMILES string of the molecule is OCc1cccc(-c2cc(Br)cc(OCCCCCCCCC3OCCO3)c2)c1. The van der Waals surface area contributed by atoms with Crippen molar-refractivity contribution in [3.05, 3.63) is 52.5 Å². The second-order valence-electron chi connectivity index (χ2n) is 7.46. The molecule has 2 aromatic carbocycles. The van der Waals surface area contributed by atoms with E-state index in [9.17, 15) is 5.11 Å². The van der Waals surface area contributed by atoms with Crippen LogP contribution >= 0.6 is 15.9 Å². The van der Waals surface area contributed by atoms with Gasteiger partial charge in [0.2, 0.25) is 0 Å². The average Bonchev–Trinajstić information content (AvgIpc) is 3.26.